The number of fused-ring (bicyclic) bond motifs is 1. The summed E-state index contributed by atoms with van der Waals surface area (Å²) in [6.07, 6.45) is 3.33. The largest absolute Gasteiger partial charge is 0.336 e. The van der Waals surface area contributed by atoms with Crippen LogP contribution in [0.25, 0.3) is 10.1 Å². The summed E-state index contributed by atoms with van der Waals surface area (Å²) in [6, 6.07) is 10.4. The lowest BCUT2D eigenvalue weighted by Gasteiger charge is -2.34. The molecule has 1 amide bonds. The van der Waals surface area contributed by atoms with E-state index >= 15 is 0 Å². The van der Waals surface area contributed by atoms with Gasteiger partial charge in [0.05, 0.1) is 5.56 Å². The molecule has 1 aromatic carbocycles. The number of halogens is 1. The van der Waals surface area contributed by atoms with Gasteiger partial charge in [0.25, 0.3) is 5.91 Å². The van der Waals surface area contributed by atoms with Crippen molar-refractivity contribution in [2.75, 3.05) is 26.2 Å². The number of nitrogens with zero attached hydrogens (tertiary/aromatic N) is 3. The number of amides is 1. The minimum Gasteiger partial charge on any atom is -0.336 e. The van der Waals surface area contributed by atoms with Crippen LogP contribution in [0.2, 0.25) is 0 Å². The van der Waals surface area contributed by atoms with Crippen molar-refractivity contribution in [2.24, 2.45) is 0 Å². The van der Waals surface area contributed by atoms with E-state index in [0.717, 1.165) is 37.2 Å². The van der Waals surface area contributed by atoms with Gasteiger partial charge in [0.15, 0.2) is 0 Å². The van der Waals surface area contributed by atoms with Gasteiger partial charge in [-0.1, -0.05) is 18.2 Å². The van der Waals surface area contributed by atoms with Gasteiger partial charge < -0.3 is 4.90 Å². The van der Waals surface area contributed by atoms with Crippen LogP contribution >= 0.6 is 27.3 Å². The van der Waals surface area contributed by atoms with Crippen LogP contribution in [-0.2, 0) is 6.54 Å². The molecule has 0 atom stereocenters. The van der Waals surface area contributed by atoms with E-state index in [-0.39, 0.29) is 5.91 Å². The number of benzene rings is 1. The molecule has 0 N–H and O–H groups in total. The highest BCUT2D eigenvalue weighted by Gasteiger charge is 2.23. The Bertz CT molecular complexity index is 902. The third-order valence-electron chi connectivity index (χ3n) is 4.57. The molecule has 128 valence electrons. The molecule has 0 bridgehead atoms. The molecule has 1 aliphatic heterocycles. The Morgan fingerprint density at radius 2 is 1.96 bits per heavy atom. The number of piperazine rings is 1. The number of aromatic nitrogens is 1. The first-order valence-electron chi connectivity index (χ1n) is 8.28. The fourth-order valence-corrected chi connectivity index (χ4v) is 4.54. The summed E-state index contributed by atoms with van der Waals surface area (Å²) in [5, 5.41) is 3.61. The third kappa shape index (κ3) is 3.61. The lowest BCUT2D eigenvalue weighted by molar-refractivity contribution is 0.0628. The van der Waals surface area contributed by atoms with Gasteiger partial charge in [0.1, 0.15) is 0 Å². The third-order valence-corrected chi connectivity index (χ3v) is 6.01. The second kappa shape index (κ2) is 7.23. The molecule has 25 heavy (non-hydrogen) atoms. The Morgan fingerprint density at radius 3 is 2.76 bits per heavy atom. The first kappa shape index (κ1) is 16.7. The van der Waals surface area contributed by atoms with Crippen LogP contribution in [0.3, 0.4) is 0 Å². The van der Waals surface area contributed by atoms with Gasteiger partial charge in [-0.3, -0.25) is 14.7 Å². The Kier molecular flexibility index (Phi) is 4.83. The van der Waals surface area contributed by atoms with E-state index in [1.54, 1.807) is 23.7 Å². The summed E-state index contributed by atoms with van der Waals surface area (Å²) in [7, 11) is 0. The molecule has 3 heterocycles. The zero-order chi connectivity index (χ0) is 17.2. The van der Waals surface area contributed by atoms with E-state index in [0.29, 0.717) is 5.56 Å². The molecular formula is C19H18BrN3OS. The second-order valence-corrected chi connectivity index (χ2v) is 8.04. The Morgan fingerprint density at radius 1 is 1.16 bits per heavy atom. The average Bonchev–Trinajstić information content (AvgIpc) is 3.05. The van der Waals surface area contributed by atoms with Gasteiger partial charge in [0, 0.05) is 54.3 Å². The normalized spacial score (nSPS) is 15.6. The molecule has 1 fully saturated rings. The van der Waals surface area contributed by atoms with Crippen LogP contribution < -0.4 is 0 Å². The molecule has 0 spiro atoms. The quantitative estimate of drug-likeness (QED) is 0.647. The molecule has 1 aliphatic rings. The molecule has 0 aliphatic carbocycles. The van der Waals surface area contributed by atoms with Crippen molar-refractivity contribution in [2.45, 2.75) is 6.54 Å². The average molecular weight is 416 g/mol. The minimum atomic E-state index is 0.0643. The number of hydrogen-bond acceptors (Lipinski definition) is 4. The topological polar surface area (TPSA) is 36.4 Å². The molecule has 4 nitrogen and oxygen atoms in total. The summed E-state index contributed by atoms with van der Waals surface area (Å²) in [5.41, 5.74) is 2.03. The number of carbonyl (C=O) groups is 1. The predicted octanol–water partition coefficient (Wildman–Crippen LogP) is 4.02. The fraction of sp³-hybridized carbons (Fsp3) is 0.263. The van der Waals surface area contributed by atoms with E-state index in [9.17, 15) is 4.79 Å². The van der Waals surface area contributed by atoms with E-state index in [4.69, 9.17) is 0 Å². The van der Waals surface area contributed by atoms with Crippen molar-refractivity contribution < 1.29 is 4.79 Å². The van der Waals surface area contributed by atoms with Gasteiger partial charge in [0.2, 0.25) is 0 Å². The SMILES string of the molecule is O=C(c1cncc(Br)c1)N1CCN(Cc2csc3ccccc23)CC1. The highest BCUT2D eigenvalue weighted by atomic mass is 79.9. The van der Waals surface area contributed by atoms with Crippen LogP contribution in [0.5, 0.6) is 0 Å². The van der Waals surface area contributed by atoms with Gasteiger partial charge in [-0.25, -0.2) is 0 Å². The van der Waals surface area contributed by atoms with Gasteiger partial charge >= 0.3 is 0 Å². The van der Waals surface area contributed by atoms with Gasteiger partial charge in [-0.05, 0) is 44.4 Å². The lowest BCUT2D eigenvalue weighted by Crippen LogP contribution is -2.48. The zero-order valence-electron chi connectivity index (χ0n) is 13.7. The van der Waals surface area contributed by atoms with Crippen LogP contribution in [0.4, 0.5) is 0 Å². The van der Waals surface area contributed by atoms with Crippen molar-refractivity contribution >= 4 is 43.3 Å². The van der Waals surface area contributed by atoms with Crippen molar-refractivity contribution in [1.82, 2.24) is 14.8 Å². The monoisotopic (exact) mass is 415 g/mol. The fourth-order valence-electron chi connectivity index (χ4n) is 3.22. The summed E-state index contributed by atoms with van der Waals surface area (Å²) in [6.45, 7) is 4.26. The molecule has 6 heteroatoms. The number of thiophene rings is 1. The number of hydrogen-bond donors (Lipinski definition) is 0. The van der Waals surface area contributed by atoms with Gasteiger partial charge in [-0.15, -0.1) is 11.3 Å². The first-order valence-corrected chi connectivity index (χ1v) is 9.95. The second-order valence-electron chi connectivity index (χ2n) is 6.22. The van der Waals surface area contributed by atoms with Crippen LogP contribution in [0.15, 0.2) is 52.6 Å². The molecule has 1 saturated heterocycles. The standard InChI is InChI=1S/C19H18BrN3OS/c20-16-9-14(10-21-11-16)19(24)23-7-5-22(6-8-23)12-15-13-25-18-4-2-1-3-17(15)18/h1-4,9-11,13H,5-8,12H2. The highest BCUT2D eigenvalue weighted by molar-refractivity contribution is 9.10. The predicted molar refractivity (Wildman–Crippen MR) is 105 cm³/mol. The van der Waals surface area contributed by atoms with E-state index < -0.39 is 0 Å². The Balaban J connectivity index is 1.39. The molecule has 3 aromatic rings. The lowest BCUT2D eigenvalue weighted by atomic mass is 10.1. The highest BCUT2D eigenvalue weighted by Crippen LogP contribution is 2.27. The first-order chi connectivity index (χ1) is 12.2. The van der Waals surface area contributed by atoms with E-state index in [1.807, 2.05) is 11.0 Å². The van der Waals surface area contributed by atoms with Crippen LogP contribution in [0.1, 0.15) is 15.9 Å². The number of carbonyl (C=O) groups excluding carboxylic acids is 1. The molecule has 0 unspecified atom stereocenters. The summed E-state index contributed by atoms with van der Waals surface area (Å²) < 4.78 is 2.18. The maximum atomic E-state index is 12.6. The molecular weight excluding hydrogens is 398 g/mol. The number of rotatable bonds is 3. The zero-order valence-corrected chi connectivity index (χ0v) is 16.1. The van der Waals surface area contributed by atoms with Crippen LogP contribution in [0, 0.1) is 0 Å². The minimum absolute atomic E-state index is 0.0643. The summed E-state index contributed by atoms with van der Waals surface area (Å²) >= 11 is 5.18. The Labute approximate surface area is 159 Å². The van der Waals surface area contributed by atoms with Crippen molar-refractivity contribution in [3.8, 4) is 0 Å². The maximum Gasteiger partial charge on any atom is 0.255 e. The van der Waals surface area contributed by atoms with E-state index in [2.05, 4.69) is 55.5 Å². The van der Waals surface area contributed by atoms with Gasteiger partial charge in [-0.2, -0.15) is 0 Å². The smallest absolute Gasteiger partial charge is 0.255 e. The van der Waals surface area contributed by atoms with Crippen molar-refractivity contribution in [1.29, 1.82) is 0 Å². The van der Waals surface area contributed by atoms with Crippen molar-refractivity contribution in [3.63, 3.8) is 0 Å². The summed E-state index contributed by atoms with van der Waals surface area (Å²) in [5.74, 6) is 0.0643. The summed E-state index contributed by atoms with van der Waals surface area (Å²) in [4.78, 5) is 21.0. The molecule has 2 aromatic heterocycles. The molecule has 4 rings (SSSR count). The molecule has 0 radical (unpaired) electrons. The Hall–Kier alpha value is -1.76. The maximum absolute atomic E-state index is 12.6. The van der Waals surface area contributed by atoms with Crippen molar-refractivity contribution in [3.05, 3.63) is 63.7 Å². The number of pyridine rings is 1. The molecule has 0 saturated carbocycles. The van der Waals surface area contributed by atoms with Crippen LogP contribution in [-0.4, -0.2) is 46.9 Å². The van der Waals surface area contributed by atoms with E-state index in [1.165, 1.54) is 15.6 Å².